The number of rotatable bonds is 7. The van der Waals surface area contributed by atoms with E-state index in [1.165, 1.54) is 6.20 Å². The number of nitrogens with one attached hydrogen (secondary N) is 1. The molecule has 3 heterocycles. The Morgan fingerprint density at radius 3 is 2.68 bits per heavy atom. The van der Waals surface area contributed by atoms with Crippen LogP contribution < -0.4 is 10.2 Å². The minimum absolute atomic E-state index is 0.189. The van der Waals surface area contributed by atoms with Crippen LogP contribution in [-0.4, -0.2) is 38.1 Å². The van der Waals surface area contributed by atoms with Gasteiger partial charge in [0.1, 0.15) is 5.69 Å². The van der Waals surface area contributed by atoms with E-state index in [1.54, 1.807) is 10.9 Å². The molecule has 1 saturated heterocycles. The predicted octanol–water partition coefficient (Wildman–Crippen LogP) is 5.97. The molecule has 12 heteroatoms. The van der Waals surface area contributed by atoms with Gasteiger partial charge in [0.25, 0.3) is 12.3 Å². The highest BCUT2D eigenvalue weighted by Gasteiger charge is 2.52. The molecule has 4 aromatic rings. The molecular weight excluding hydrogens is 557 g/mol. The zero-order valence-electron chi connectivity index (χ0n) is 22.0. The number of halogens is 4. The van der Waals surface area contributed by atoms with Crippen molar-refractivity contribution < 1.29 is 22.8 Å². The Bertz CT molecular complexity index is 1710. The van der Waals surface area contributed by atoms with Crippen molar-refractivity contribution in [1.29, 1.82) is 0 Å². The average molecular weight is 581 g/mol. The molecule has 1 N–H and O–H groups in total. The molecule has 0 spiro atoms. The number of piperidine rings is 1. The molecule has 2 aromatic carbocycles. The molecule has 1 aliphatic heterocycles. The van der Waals surface area contributed by atoms with E-state index in [1.807, 2.05) is 30.9 Å². The lowest BCUT2D eigenvalue weighted by atomic mass is 10.0. The maximum atomic E-state index is 14.7. The number of anilines is 2. The summed E-state index contributed by atoms with van der Waals surface area (Å²) in [4.78, 5) is 35.3. The van der Waals surface area contributed by atoms with E-state index >= 15 is 0 Å². The fraction of sp³-hybridized carbons (Fsp3) is 0.276. The highest BCUT2D eigenvalue weighted by atomic mass is 35.5. The van der Waals surface area contributed by atoms with Crippen LogP contribution in [-0.2, 0) is 11.3 Å². The molecule has 8 nitrogen and oxygen atoms in total. The third-order valence-corrected chi connectivity index (χ3v) is 8.09. The summed E-state index contributed by atoms with van der Waals surface area (Å²) in [5, 5.41) is 6.63. The van der Waals surface area contributed by atoms with Crippen LogP contribution in [0.1, 0.15) is 45.6 Å². The van der Waals surface area contributed by atoms with Crippen molar-refractivity contribution in [3.05, 3.63) is 87.8 Å². The van der Waals surface area contributed by atoms with Crippen LogP contribution in [0.15, 0.2) is 49.1 Å². The lowest BCUT2D eigenvalue weighted by molar-refractivity contribution is -0.118. The first kappa shape index (κ1) is 26.9. The van der Waals surface area contributed by atoms with Crippen LogP contribution >= 0.6 is 11.6 Å². The quantitative estimate of drug-likeness (QED) is 0.291. The predicted molar refractivity (Wildman–Crippen MR) is 147 cm³/mol. The Morgan fingerprint density at radius 2 is 1.95 bits per heavy atom. The maximum absolute atomic E-state index is 14.7. The average Bonchev–Trinajstić information content (AvgIpc) is 3.48. The van der Waals surface area contributed by atoms with E-state index in [2.05, 4.69) is 20.4 Å². The van der Waals surface area contributed by atoms with E-state index in [0.717, 1.165) is 59.9 Å². The highest BCUT2D eigenvalue weighted by molar-refractivity contribution is 6.31. The zero-order valence-corrected chi connectivity index (χ0v) is 22.8. The SMILES string of the molecule is Cc1c(Cn2cc(NC(=O)c3cncc(-c4c(C(F)F)ccc(Cl)c4F)n3)cn2)ccc(N2C[C@H]3C[C@H]3C2=O)c1C. The number of benzene rings is 2. The number of aromatic nitrogens is 4. The van der Waals surface area contributed by atoms with Gasteiger partial charge in [-0.15, -0.1) is 0 Å². The fourth-order valence-corrected chi connectivity index (χ4v) is 5.47. The van der Waals surface area contributed by atoms with Crippen molar-refractivity contribution in [2.45, 2.75) is 33.2 Å². The van der Waals surface area contributed by atoms with E-state index < -0.39 is 29.3 Å². The number of carbonyl (C=O) groups excluding carboxylic acids is 2. The standard InChI is InChI=1S/C29H24ClF3N6O2/c1-14-15(2)24(39-12-17-7-20(17)29(39)41)6-3-16(14)11-38-13-18(8-35-38)36-28(40)23-10-34-9-22(37-23)25-19(27(32)33)4-5-21(30)26(25)31/h3-6,8-10,13,17,20,27H,7,11-12H2,1-2H3,(H,36,40)/t17-,20-/m1/s1. The zero-order chi connectivity index (χ0) is 29.0. The van der Waals surface area contributed by atoms with Crippen LogP contribution in [0.5, 0.6) is 0 Å². The molecule has 210 valence electrons. The molecule has 0 unspecified atom stereocenters. The Kier molecular flexibility index (Phi) is 6.77. The van der Waals surface area contributed by atoms with Crippen LogP contribution in [0, 0.1) is 31.5 Å². The summed E-state index contributed by atoms with van der Waals surface area (Å²) in [5.74, 6) is -0.862. The summed E-state index contributed by atoms with van der Waals surface area (Å²) < 4.78 is 43.4. The van der Waals surface area contributed by atoms with Crippen LogP contribution in [0.3, 0.4) is 0 Å². The first-order chi connectivity index (χ1) is 19.6. The highest BCUT2D eigenvalue weighted by Crippen LogP contribution is 2.48. The van der Waals surface area contributed by atoms with Crippen molar-refractivity contribution >= 4 is 34.8 Å². The van der Waals surface area contributed by atoms with Gasteiger partial charge in [-0.2, -0.15) is 5.10 Å². The van der Waals surface area contributed by atoms with Gasteiger partial charge in [0.15, 0.2) is 5.82 Å². The Hall–Kier alpha value is -4.25. The number of hydrogen-bond acceptors (Lipinski definition) is 5. The third-order valence-electron chi connectivity index (χ3n) is 7.79. The number of carbonyl (C=O) groups is 2. The van der Waals surface area contributed by atoms with Crippen LogP contribution in [0.4, 0.5) is 24.5 Å². The number of nitrogens with zero attached hydrogens (tertiary/aromatic N) is 5. The molecule has 2 aliphatic rings. The number of fused-ring (bicyclic) bond motifs is 1. The van der Waals surface area contributed by atoms with E-state index in [0.29, 0.717) is 18.2 Å². The molecule has 2 atom stereocenters. The molecule has 2 fully saturated rings. The van der Waals surface area contributed by atoms with Crippen molar-refractivity contribution in [3.8, 4) is 11.3 Å². The van der Waals surface area contributed by atoms with Crippen LogP contribution in [0.25, 0.3) is 11.3 Å². The van der Waals surface area contributed by atoms with Crippen LogP contribution in [0.2, 0.25) is 5.02 Å². The first-order valence-electron chi connectivity index (χ1n) is 12.9. The van der Waals surface area contributed by atoms with Gasteiger partial charge in [-0.05, 0) is 55.0 Å². The largest absolute Gasteiger partial charge is 0.318 e. The normalized spacial score (nSPS) is 17.7. The molecule has 1 saturated carbocycles. The van der Waals surface area contributed by atoms with Crippen molar-refractivity contribution in [3.63, 3.8) is 0 Å². The Morgan fingerprint density at radius 1 is 1.15 bits per heavy atom. The molecule has 1 aliphatic carbocycles. The summed E-state index contributed by atoms with van der Waals surface area (Å²) in [7, 11) is 0. The molecule has 6 rings (SSSR count). The Balaban J connectivity index is 1.17. The molecule has 2 aromatic heterocycles. The van der Waals surface area contributed by atoms with Gasteiger partial charge in [-0.3, -0.25) is 19.3 Å². The molecule has 0 bridgehead atoms. The van der Waals surface area contributed by atoms with Gasteiger partial charge in [0.2, 0.25) is 5.91 Å². The smallest absolute Gasteiger partial charge is 0.275 e. The van der Waals surface area contributed by atoms with Gasteiger partial charge in [0.05, 0.1) is 41.5 Å². The van der Waals surface area contributed by atoms with Crippen molar-refractivity contribution in [1.82, 2.24) is 19.7 Å². The van der Waals surface area contributed by atoms with Gasteiger partial charge < -0.3 is 10.2 Å². The topological polar surface area (TPSA) is 93.0 Å². The fourth-order valence-electron chi connectivity index (χ4n) is 5.31. The van der Waals surface area contributed by atoms with Crippen molar-refractivity contribution in [2.75, 3.05) is 16.8 Å². The summed E-state index contributed by atoms with van der Waals surface area (Å²) in [6.45, 7) is 5.23. The summed E-state index contributed by atoms with van der Waals surface area (Å²) in [6, 6.07) is 6.01. The van der Waals surface area contributed by atoms with Gasteiger partial charge in [-0.1, -0.05) is 23.7 Å². The minimum Gasteiger partial charge on any atom is -0.318 e. The number of amides is 2. The monoisotopic (exact) mass is 580 g/mol. The lowest BCUT2D eigenvalue weighted by Crippen LogP contribution is -2.28. The number of hydrogen-bond donors (Lipinski definition) is 1. The number of alkyl halides is 2. The second kappa shape index (κ2) is 10.3. The third kappa shape index (κ3) is 4.94. The minimum atomic E-state index is -2.99. The molecule has 0 radical (unpaired) electrons. The summed E-state index contributed by atoms with van der Waals surface area (Å²) in [5.41, 5.74) is 2.86. The van der Waals surface area contributed by atoms with Crippen molar-refractivity contribution in [2.24, 2.45) is 11.8 Å². The maximum Gasteiger partial charge on any atom is 0.275 e. The van der Waals surface area contributed by atoms with E-state index in [9.17, 15) is 22.8 Å². The molecule has 2 amide bonds. The van der Waals surface area contributed by atoms with Gasteiger partial charge >= 0.3 is 0 Å². The van der Waals surface area contributed by atoms with Gasteiger partial charge in [-0.25, -0.2) is 18.2 Å². The molecule has 41 heavy (non-hydrogen) atoms. The second-order valence-corrected chi connectivity index (χ2v) is 10.7. The lowest BCUT2D eigenvalue weighted by Gasteiger charge is -2.23. The van der Waals surface area contributed by atoms with Gasteiger partial charge in [0, 0.05) is 35.5 Å². The first-order valence-corrected chi connectivity index (χ1v) is 13.3. The second-order valence-electron chi connectivity index (χ2n) is 10.3. The Labute approximate surface area is 238 Å². The summed E-state index contributed by atoms with van der Waals surface area (Å²) in [6.07, 6.45) is 3.36. The van der Waals surface area contributed by atoms with E-state index in [-0.39, 0.29) is 28.2 Å². The van der Waals surface area contributed by atoms with E-state index in [4.69, 9.17) is 11.6 Å². The summed E-state index contributed by atoms with van der Waals surface area (Å²) >= 11 is 5.81. The molecular formula is C29H24ClF3N6O2.